The Labute approximate surface area is 141 Å². The van der Waals surface area contributed by atoms with E-state index >= 15 is 0 Å². The molecule has 0 bridgehead atoms. The first-order valence-electron chi connectivity index (χ1n) is 6.18. The Morgan fingerprint density at radius 1 is 1.05 bits per heavy atom. The van der Waals surface area contributed by atoms with Crippen molar-refractivity contribution in [2.24, 2.45) is 0 Å². The molecule has 0 heterocycles. The molecule has 0 radical (unpaired) electrons. The minimum absolute atomic E-state index is 0.0352. The molecule has 0 aliphatic carbocycles. The van der Waals surface area contributed by atoms with Crippen LogP contribution in [0.15, 0.2) is 34.8 Å². The smallest absolute Gasteiger partial charge is 0.123 e. The molecule has 0 saturated carbocycles. The first-order chi connectivity index (χ1) is 9.43. The Morgan fingerprint density at radius 3 is 2.40 bits per heavy atom. The molecule has 20 heavy (non-hydrogen) atoms. The molecule has 0 amide bonds. The minimum atomic E-state index is 0.0352. The summed E-state index contributed by atoms with van der Waals surface area (Å²) < 4.78 is 6.58. The van der Waals surface area contributed by atoms with Gasteiger partial charge in [0.2, 0.25) is 0 Å². The van der Waals surface area contributed by atoms with Crippen molar-refractivity contribution in [3.05, 3.63) is 62.1 Å². The van der Waals surface area contributed by atoms with Crippen LogP contribution in [0.3, 0.4) is 0 Å². The molecule has 1 nitrogen and oxygen atoms in total. The Hall–Kier alpha value is -0.510. The number of ether oxygens (including phenoxy) is 1. The van der Waals surface area contributed by atoms with Crippen molar-refractivity contribution < 1.29 is 4.74 Å². The number of alkyl halides is 1. The van der Waals surface area contributed by atoms with Crippen LogP contribution >= 0.6 is 43.5 Å². The maximum atomic E-state index is 6.12. The second-order valence-corrected chi connectivity index (χ2v) is 6.91. The molecule has 2 aromatic rings. The summed E-state index contributed by atoms with van der Waals surface area (Å²) in [5.41, 5.74) is 4.56. The predicted molar refractivity (Wildman–Crippen MR) is 92.4 cm³/mol. The summed E-state index contributed by atoms with van der Waals surface area (Å²) in [4.78, 5) is 0.0352. The highest BCUT2D eigenvalue weighted by Gasteiger charge is 2.18. The zero-order chi connectivity index (χ0) is 14.9. The number of hydrogen-bond acceptors (Lipinski definition) is 1. The van der Waals surface area contributed by atoms with Gasteiger partial charge in [0.1, 0.15) is 5.75 Å². The summed E-state index contributed by atoms with van der Waals surface area (Å²) in [6.45, 7) is 4.12. The van der Waals surface area contributed by atoms with Crippen molar-refractivity contribution in [2.75, 3.05) is 7.11 Å². The monoisotopic (exact) mass is 416 g/mol. The van der Waals surface area contributed by atoms with E-state index in [4.69, 9.17) is 16.3 Å². The molecule has 0 fully saturated rings. The maximum Gasteiger partial charge on any atom is 0.123 e. The fourth-order valence-electron chi connectivity index (χ4n) is 2.10. The lowest BCUT2D eigenvalue weighted by Gasteiger charge is -2.18. The SMILES string of the molecule is COc1cc(C)c(Br)cc1C(Br)c1cc(Cl)ccc1C. The highest BCUT2D eigenvalue weighted by molar-refractivity contribution is 9.10. The maximum absolute atomic E-state index is 6.12. The van der Waals surface area contributed by atoms with E-state index in [2.05, 4.69) is 44.8 Å². The van der Waals surface area contributed by atoms with Crippen LogP contribution in [-0.4, -0.2) is 7.11 Å². The van der Waals surface area contributed by atoms with Crippen molar-refractivity contribution in [3.63, 3.8) is 0 Å². The number of rotatable bonds is 3. The first-order valence-corrected chi connectivity index (χ1v) is 8.27. The van der Waals surface area contributed by atoms with Gasteiger partial charge in [-0.3, -0.25) is 0 Å². The predicted octanol–water partition coefficient (Wildman–Crippen LogP) is 6.21. The average molecular weight is 419 g/mol. The van der Waals surface area contributed by atoms with Crippen molar-refractivity contribution in [3.8, 4) is 5.75 Å². The molecular formula is C16H15Br2ClO. The summed E-state index contributed by atoms with van der Waals surface area (Å²) >= 11 is 13.5. The Balaban J connectivity index is 2.55. The van der Waals surface area contributed by atoms with Crippen molar-refractivity contribution in [2.45, 2.75) is 18.7 Å². The van der Waals surface area contributed by atoms with Gasteiger partial charge < -0.3 is 4.74 Å². The van der Waals surface area contributed by atoms with Gasteiger partial charge in [-0.05, 0) is 54.8 Å². The van der Waals surface area contributed by atoms with Crippen LogP contribution in [-0.2, 0) is 0 Å². The molecule has 1 atom stereocenters. The Morgan fingerprint density at radius 2 is 1.75 bits per heavy atom. The molecule has 0 aromatic heterocycles. The fraction of sp³-hybridized carbons (Fsp3) is 0.250. The highest BCUT2D eigenvalue weighted by Crippen LogP contribution is 2.41. The van der Waals surface area contributed by atoms with E-state index in [1.54, 1.807) is 7.11 Å². The van der Waals surface area contributed by atoms with Gasteiger partial charge in [-0.15, -0.1) is 0 Å². The molecule has 1 unspecified atom stereocenters. The summed E-state index contributed by atoms with van der Waals surface area (Å²) in [5.74, 6) is 0.868. The largest absolute Gasteiger partial charge is 0.496 e. The van der Waals surface area contributed by atoms with Gasteiger partial charge in [-0.1, -0.05) is 49.5 Å². The van der Waals surface area contributed by atoms with Crippen LogP contribution in [0.1, 0.15) is 27.1 Å². The Kier molecular flexibility index (Phi) is 5.16. The standard InChI is InChI=1S/C16H15Br2ClO/c1-9-4-5-11(19)7-12(9)16(18)13-8-14(17)10(2)6-15(13)20-3/h4-8,16H,1-3H3. The van der Waals surface area contributed by atoms with E-state index in [1.807, 2.05) is 31.2 Å². The quantitative estimate of drug-likeness (QED) is 0.538. The highest BCUT2D eigenvalue weighted by atomic mass is 79.9. The molecule has 0 N–H and O–H groups in total. The van der Waals surface area contributed by atoms with Crippen LogP contribution in [0, 0.1) is 13.8 Å². The molecule has 2 rings (SSSR count). The summed E-state index contributed by atoms with van der Waals surface area (Å²) in [6.07, 6.45) is 0. The minimum Gasteiger partial charge on any atom is -0.496 e. The van der Waals surface area contributed by atoms with Crippen LogP contribution in [0.2, 0.25) is 5.02 Å². The zero-order valence-electron chi connectivity index (χ0n) is 11.5. The van der Waals surface area contributed by atoms with Gasteiger partial charge >= 0.3 is 0 Å². The number of hydrogen-bond donors (Lipinski definition) is 0. The second-order valence-electron chi connectivity index (χ2n) is 4.71. The van der Waals surface area contributed by atoms with E-state index in [0.717, 1.165) is 31.9 Å². The number of halogens is 3. The molecule has 0 saturated heterocycles. The third kappa shape index (κ3) is 3.21. The second kappa shape index (κ2) is 6.50. The summed E-state index contributed by atoms with van der Waals surface area (Å²) in [5, 5.41) is 0.736. The van der Waals surface area contributed by atoms with Gasteiger partial charge in [0.05, 0.1) is 11.9 Å². The lowest BCUT2D eigenvalue weighted by molar-refractivity contribution is 0.410. The topological polar surface area (TPSA) is 9.23 Å². The molecule has 2 aromatic carbocycles. The van der Waals surface area contributed by atoms with Crippen molar-refractivity contribution in [1.82, 2.24) is 0 Å². The van der Waals surface area contributed by atoms with Gasteiger partial charge in [0.15, 0.2) is 0 Å². The molecular weight excluding hydrogens is 403 g/mol. The van der Waals surface area contributed by atoms with Crippen LogP contribution in [0.4, 0.5) is 0 Å². The molecule has 0 spiro atoms. The number of aryl methyl sites for hydroxylation is 2. The molecule has 106 valence electrons. The van der Waals surface area contributed by atoms with Crippen molar-refractivity contribution in [1.29, 1.82) is 0 Å². The summed E-state index contributed by atoms with van der Waals surface area (Å²) in [7, 11) is 1.69. The van der Waals surface area contributed by atoms with Crippen LogP contribution < -0.4 is 4.74 Å². The normalized spacial score (nSPS) is 12.3. The third-order valence-corrected chi connectivity index (χ3v) is 5.37. The van der Waals surface area contributed by atoms with Gasteiger partial charge in [-0.2, -0.15) is 0 Å². The average Bonchev–Trinajstić information content (AvgIpc) is 2.43. The van der Waals surface area contributed by atoms with E-state index in [-0.39, 0.29) is 4.83 Å². The number of benzene rings is 2. The summed E-state index contributed by atoms with van der Waals surface area (Å²) in [6, 6.07) is 10.1. The molecule has 0 aliphatic rings. The third-order valence-electron chi connectivity index (χ3n) is 3.30. The van der Waals surface area contributed by atoms with Crippen LogP contribution in [0.25, 0.3) is 0 Å². The fourth-order valence-corrected chi connectivity index (χ4v) is 3.49. The van der Waals surface area contributed by atoms with Gasteiger partial charge in [0.25, 0.3) is 0 Å². The van der Waals surface area contributed by atoms with E-state index in [1.165, 1.54) is 5.56 Å². The van der Waals surface area contributed by atoms with E-state index in [9.17, 15) is 0 Å². The lowest BCUT2D eigenvalue weighted by atomic mass is 9.99. The van der Waals surface area contributed by atoms with Crippen molar-refractivity contribution >= 4 is 43.5 Å². The lowest BCUT2D eigenvalue weighted by Crippen LogP contribution is -2.00. The number of methoxy groups -OCH3 is 1. The molecule has 0 aliphatic heterocycles. The van der Waals surface area contributed by atoms with Crippen LogP contribution in [0.5, 0.6) is 5.75 Å². The van der Waals surface area contributed by atoms with E-state index in [0.29, 0.717) is 0 Å². The Bertz CT molecular complexity index is 641. The van der Waals surface area contributed by atoms with Gasteiger partial charge in [0, 0.05) is 15.1 Å². The van der Waals surface area contributed by atoms with E-state index < -0.39 is 0 Å². The van der Waals surface area contributed by atoms with Gasteiger partial charge in [-0.25, -0.2) is 0 Å². The zero-order valence-corrected chi connectivity index (χ0v) is 15.4. The first kappa shape index (κ1) is 15.9. The molecule has 4 heteroatoms.